The van der Waals surface area contributed by atoms with Crippen molar-refractivity contribution in [3.05, 3.63) is 46.4 Å². The fourth-order valence-corrected chi connectivity index (χ4v) is 2.41. The van der Waals surface area contributed by atoms with Crippen molar-refractivity contribution in [2.45, 2.75) is 6.92 Å². The van der Waals surface area contributed by atoms with Crippen molar-refractivity contribution in [1.29, 1.82) is 0 Å². The Hall–Kier alpha value is -1.81. The van der Waals surface area contributed by atoms with Gasteiger partial charge in [0.1, 0.15) is 5.52 Å². The average molecular weight is 303 g/mol. The van der Waals surface area contributed by atoms with Crippen LogP contribution < -0.4 is 5.73 Å². The van der Waals surface area contributed by atoms with Crippen LogP contribution in [0.2, 0.25) is 0 Å². The maximum absolute atomic E-state index is 5.94. The molecule has 0 radical (unpaired) electrons. The number of aromatic nitrogens is 1. The number of aryl methyl sites for hydroxylation is 1. The molecule has 18 heavy (non-hydrogen) atoms. The van der Waals surface area contributed by atoms with E-state index in [0.29, 0.717) is 17.2 Å². The molecule has 1 heterocycles. The van der Waals surface area contributed by atoms with E-state index in [1.165, 1.54) is 0 Å². The predicted molar refractivity (Wildman–Crippen MR) is 76.3 cm³/mol. The van der Waals surface area contributed by atoms with E-state index >= 15 is 0 Å². The van der Waals surface area contributed by atoms with Gasteiger partial charge in [-0.2, -0.15) is 0 Å². The van der Waals surface area contributed by atoms with Crippen LogP contribution in [0.1, 0.15) is 5.56 Å². The van der Waals surface area contributed by atoms with Crippen LogP contribution in [-0.4, -0.2) is 4.98 Å². The van der Waals surface area contributed by atoms with Crippen molar-refractivity contribution < 1.29 is 4.42 Å². The number of rotatable bonds is 1. The maximum atomic E-state index is 5.94. The monoisotopic (exact) mass is 302 g/mol. The Morgan fingerprint density at radius 1 is 1.22 bits per heavy atom. The quantitative estimate of drug-likeness (QED) is 0.687. The van der Waals surface area contributed by atoms with Gasteiger partial charge in [-0.05, 0) is 52.7 Å². The van der Waals surface area contributed by atoms with Gasteiger partial charge >= 0.3 is 0 Å². The number of anilines is 1. The SMILES string of the molecule is Cc1cc(N)c2oc(-c3ccccc3Br)nc2c1. The van der Waals surface area contributed by atoms with Crippen molar-refractivity contribution in [3.8, 4) is 11.5 Å². The number of oxazole rings is 1. The number of halogens is 1. The fourth-order valence-electron chi connectivity index (χ4n) is 1.95. The number of fused-ring (bicyclic) bond motifs is 1. The lowest BCUT2D eigenvalue weighted by Crippen LogP contribution is -1.86. The molecule has 3 nitrogen and oxygen atoms in total. The van der Waals surface area contributed by atoms with Gasteiger partial charge in [0.25, 0.3) is 0 Å². The van der Waals surface area contributed by atoms with E-state index in [9.17, 15) is 0 Å². The summed E-state index contributed by atoms with van der Waals surface area (Å²) in [5.74, 6) is 0.578. The lowest BCUT2D eigenvalue weighted by Gasteiger charge is -1.97. The third-order valence-electron chi connectivity index (χ3n) is 2.77. The molecule has 0 unspecified atom stereocenters. The molecule has 0 atom stereocenters. The molecule has 0 spiro atoms. The summed E-state index contributed by atoms with van der Waals surface area (Å²) < 4.78 is 6.71. The first-order valence-electron chi connectivity index (χ1n) is 5.57. The minimum Gasteiger partial charge on any atom is -0.434 e. The van der Waals surface area contributed by atoms with Gasteiger partial charge in [0, 0.05) is 4.47 Å². The Morgan fingerprint density at radius 2 is 2.00 bits per heavy atom. The molecule has 3 rings (SSSR count). The number of hydrogen-bond acceptors (Lipinski definition) is 3. The highest BCUT2D eigenvalue weighted by atomic mass is 79.9. The first-order chi connectivity index (χ1) is 8.65. The van der Waals surface area contributed by atoms with Crippen LogP contribution in [0.15, 0.2) is 45.3 Å². The van der Waals surface area contributed by atoms with E-state index in [0.717, 1.165) is 21.1 Å². The lowest BCUT2D eigenvalue weighted by molar-refractivity contribution is 0.620. The first kappa shape index (κ1) is 11.3. The maximum Gasteiger partial charge on any atom is 0.228 e. The molecule has 1 aromatic heterocycles. The second-order valence-corrected chi connectivity index (χ2v) is 5.06. The predicted octanol–water partition coefficient (Wildman–Crippen LogP) is 4.15. The normalized spacial score (nSPS) is 11.0. The minimum atomic E-state index is 0.578. The Bertz CT molecular complexity index is 734. The highest BCUT2D eigenvalue weighted by Crippen LogP contribution is 2.32. The molecular weight excluding hydrogens is 292 g/mol. The third-order valence-corrected chi connectivity index (χ3v) is 3.46. The second-order valence-electron chi connectivity index (χ2n) is 4.20. The molecule has 2 aromatic carbocycles. The highest BCUT2D eigenvalue weighted by Gasteiger charge is 2.12. The van der Waals surface area contributed by atoms with Crippen LogP contribution in [0.5, 0.6) is 0 Å². The zero-order chi connectivity index (χ0) is 12.7. The van der Waals surface area contributed by atoms with E-state index in [2.05, 4.69) is 20.9 Å². The van der Waals surface area contributed by atoms with Crippen molar-refractivity contribution in [2.75, 3.05) is 5.73 Å². The highest BCUT2D eigenvalue weighted by molar-refractivity contribution is 9.10. The number of hydrogen-bond donors (Lipinski definition) is 1. The van der Waals surface area contributed by atoms with Crippen LogP contribution in [0.3, 0.4) is 0 Å². The van der Waals surface area contributed by atoms with Crippen LogP contribution in [-0.2, 0) is 0 Å². The lowest BCUT2D eigenvalue weighted by atomic mass is 10.2. The molecule has 0 aliphatic carbocycles. The summed E-state index contributed by atoms with van der Waals surface area (Å²) in [5, 5.41) is 0. The Labute approximate surface area is 113 Å². The average Bonchev–Trinajstić information content (AvgIpc) is 2.73. The van der Waals surface area contributed by atoms with E-state index in [-0.39, 0.29) is 0 Å². The third kappa shape index (κ3) is 1.78. The Kier molecular flexibility index (Phi) is 2.59. The molecule has 3 aromatic rings. The molecule has 0 bridgehead atoms. The van der Waals surface area contributed by atoms with E-state index < -0.39 is 0 Å². The van der Waals surface area contributed by atoms with Crippen molar-refractivity contribution in [2.24, 2.45) is 0 Å². The van der Waals surface area contributed by atoms with Gasteiger partial charge in [-0.25, -0.2) is 4.98 Å². The molecule has 0 aliphatic rings. The second kappa shape index (κ2) is 4.14. The van der Waals surface area contributed by atoms with Crippen LogP contribution in [0, 0.1) is 6.92 Å². The molecule has 0 saturated carbocycles. The van der Waals surface area contributed by atoms with Crippen molar-refractivity contribution in [3.63, 3.8) is 0 Å². The number of benzene rings is 2. The largest absolute Gasteiger partial charge is 0.434 e. The summed E-state index contributed by atoms with van der Waals surface area (Å²) in [5.41, 5.74) is 9.99. The van der Waals surface area contributed by atoms with Gasteiger partial charge in [-0.3, -0.25) is 0 Å². The number of nitrogens with zero attached hydrogens (tertiary/aromatic N) is 1. The summed E-state index contributed by atoms with van der Waals surface area (Å²) in [4.78, 5) is 4.49. The van der Waals surface area contributed by atoms with Crippen LogP contribution in [0.4, 0.5) is 5.69 Å². The smallest absolute Gasteiger partial charge is 0.228 e. The van der Waals surface area contributed by atoms with Crippen molar-refractivity contribution >= 4 is 32.7 Å². The first-order valence-corrected chi connectivity index (χ1v) is 6.36. The molecule has 90 valence electrons. The summed E-state index contributed by atoms with van der Waals surface area (Å²) in [6.45, 7) is 1.99. The number of nitrogen functional groups attached to an aromatic ring is 1. The van der Waals surface area contributed by atoms with E-state index in [4.69, 9.17) is 10.2 Å². The number of nitrogens with two attached hydrogens (primary N) is 1. The zero-order valence-corrected chi connectivity index (χ0v) is 11.4. The molecule has 0 amide bonds. The van der Waals surface area contributed by atoms with E-state index in [1.54, 1.807) is 0 Å². The van der Waals surface area contributed by atoms with Gasteiger partial charge in [0.05, 0.1) is 11.3 Å². The summed E-state index contributed by atoms with van der Waals surface area (Å²) in [6.07, 6.45) is 0. The minimum absolute atomic E-state index is 0.578. The molecule has 2 N–H and O–H groups in total. The molecule has 0 aliphatic heterocycles. The van der Waals surface area contributed by atoms with Gasteiger partial charge in [0.15, 0.2) is 5.58 Å². The summed E-state index contributed by atoms with van der Waals surface area (Å²) in [6, 6.07) is 11.7. The van der Waals surface area contributed by atoms with E-state index in [1.807, 2.05) is 43.3 Å². The Morgan fingerprint density at radius 3 is 2.78 bits per heavy atom. The van der Waals surface area contributed by atoms with Crippen LogP contribution >= 0.6 is 15.9 Å². The molecule has 4 heteroatoms. The zero-order valence-electron chi connectivity index (χ0n) is 9.77. The van der Waals surface area contributed by atoms with Crippen molar-refractivity contribution in [1.82, 2.24) is 4.98 Å². The van der Waals surface area contributed by atoms with Gasteiger partial charge in [-0.15, -0.1) is 0 Å². The molecule has 0 fully saturated rings. The molecule has 0 saturated heterocycles. The topological polar surface area (TPSA) is 52.0 Å². The summed E-state index contributed by atoms with van der Waals surface area (Å²) in [7, 11) is 0. The molecular formula is C14H11BrN2O. The Balaban J connectivity index is 2.26. The van der Waals surface area contributed by atoms with Crippen LogP contribution in [0.25, 0.3) is 22.6 Å². The van der Waals surface area contributed by atoms with Gasteiger partial charge in [-0.1, -0.05) is 12.1 Å². The van der Waals surface area contributed by atoms with Gasteiger partial charge < -0.3 is 10.2 Å². The summed E-state index contributed by atoms with van der Waals surface area (Å²) >= 11 is 3.49. The fraction of sp³-hybridized carbons (Fsp3) is 0.0714. The standard InChI is InChI=1S/C14H11BrN2O/c1-8-6-11(16)13-12(7-8)17-14(18-13)9-4-2-3-5-10(9)15/h2-7H,16H2,1H3. The van der Waals surface area contributed by atoms with Gasteiger partial charge in [0.2, 0.25) is 5.89 Å².